The normalized spacial score (nSPS) is 10.6. The van der Waals surface area contributed by atoms with E-state index in [1.54, 1.807) is 11.7 Å². The molecule has 0 atom stereocenters. The summed E-state index contributed by atoms with van der Waals surface area (Å²) in [6.07, 6.45) is 3.43. The zero-order valence-electron chi connectivity index (χ0n) is 11.6. The first-order valence-corrected chi connectivity index (χ1v) is 6.99. The van der Waals surface area contributed by atoms with Crippen LogP contribution < -0.4 is 11.1 Å². The molecule has 0 fully saturated rings. The summed E-state index contributed by atoms with van der Waals surface area (Å²) in [5, 5.41) is 10.8. The van der Waals surface area contributed by atoms with Crippen LogP contribution in [0.2, 0.25) is 0 Å². The van der Waals surface area contributed by atoms with Crippen LogP contribution in [0.5, 0.6) is 0 Å². The van der Waals surface area contributed by atoms with Gasteiger partial charge >= 0.3 is 0 Å². The lowest BCUT2D eigenvalue weighted by atomic mass is 10.3. The minimum Gasteiger partial charge on any atom is -0.364 e. The summed E-state index contributed by atoms with van der Waals surface area (Å²) in [6, 6.07) is 0. The third-order valence-corrected chi connectivity index (χ3v) is 3.68. The van der Waals surface area contributed by atoms with Crippen molar-refractivity contribution in [2.45, 2.75) is 19.9 Å². The number of halogens is 1. The van der Waals surface area contributed by atoms with Crippen molar-refractivity contribution in [3.63, 3.8) is 0 Å². The number of nitrogens with zero attached hydrogens (tertiary/aromatic N) is 4. The Morgan fingerprint density at radius 1 is 1.48 bits per heavy atom. The molecule has 0 radical (unpaired) electrons. The number of anilines is 1. The van der Waals surface area contributed by atoms with Gasteiger partial charge in [-0.05, 0) is 22.9 Å². The maximum absolute atomic E-state index is 11.9. The van der Waals surface area contributed by atoms with Crippen molar-refractivity contribution in [2.24, 2.45) is 12.8 Å². The van der Waals surface area contributed by atoms with Gasteiger partial charge in [0.1, 0.15) is 5.69 Å². The fourth-order valence-electron chi connectivity index (χ4n) is 1.86. The van der Waals surface area contributed by atoms with E-state index in [0.717, 1.165) is 10.2 Å². The van der Waals surface area contributed by atoms with E-state index >= 15 is 0 Å². The SMILES string of the molecule is Cc1nn(CCC(=O)Nc2cnn(C)c2C(N)=O)cc1Br. The van der Waals surface area contributed by atoms with E-state index < -0.39 is 5.91 Å². The number of nitrogens with one attached hydrogen (secondary N) is 1. The molecule has 8 nitrogen and oxygen atoms in total. The minimum atomic E-state index is -0.642. The van der Waals surface area contributed by atoms with E-state index in [4.69, 9.17) is 5.73 Å². The van der Waals surface area contributed by atoms with Crippen LogP contribution >= 0.6 is 15.9 Å². The van der Waals surface area contributed by atoms with Gasteiger partial charge in [-0.25, -0.2) is 0 Å². The molecule has 2 aromatic rings. The molecule has 0 aromatic carbocycles. The van der Waals surface area contributed by atoms with Crippen LogP contribution in [0.15, 0.2) is 16.9 Å². The summed E-state index contributed by atoms with van der Waals surface area (Å²) in [4.78, 5) is 23.2. The molecular weight excluding hydrogens is 340 g/mol. The highest BCUT2D eigenvalue weighted by molar-refractivity contribution is 9.10. The number of nitrogens with two attached hydrogens (primary N) is 1. The van der Waals surface area contributed by atoms with Gasteiger partial charge in [-0.1, -0.05) is 0 Å². The number of aromatic nitrogens is 4. The number of hydrogen-bond acceptors (Lipinski definition) is 4. The molecule has 0 aliphatic heterocycles. The largest absolute Gasteiger partial charge is 0.364 e. The van der Waals surface area contributed by atoms with Crippen LogP contribution in [0, 0.1) is 6.92 Å². The summed E-state index contributed by atoms with van der Waals surface area (Å²) >= 11 is 3.36. The number of aryl methyl sites for hydroxylation is 3. The highest BCUT2D eigenvalue weighted by Gasteiger charge is 2.16. The van der Waals surface area contributed by atoms with Gasteiger partial charge in [0.05, 0.1) is 22.1 Å². The van der Waals surface area contributed by atoms with E-state index in [9.17, 15) is 9.59 Å². The molecule has 3 N–H and O–H groups in total. The van der Waals surface area contributed by atoms with Gasteiger partial charge in [-0.2, -0.15) is 10.2 Å². The summed E-state index contributed by atoms with van der Waals surface area (Å²) in [5.41, 5.74) is 6.59. The van der Waals surface area contributed by atoms with E-state index in [1.807, 2.05) is 13.1 Å². The Morgan fingerprint density at radius 2 is 2.19 bits per heavy atom. The zero-order chi connectivity index (χ0) is 15.6. The fraction of sp³-hybridized carbons (Fsp3) is 0.333. The highest BCUT2D eigenvalue weighted by atomic mass is 79.9. The molecule has 0 spiro atoms. The van der Waals surface area contributed by atoms with Crippen LogP contribution in [0.1, 0.15) is 22.6 Å². The van der Waals surface area contributed by atoms with Crippen molar-refractivity contribution in [3.8, 4) is 0 Å². The van der Waals surface area contributed by atoms with Gasteiger partial charge in [0, 0.05) is 26.2 Å². The smallest absolute Gasteiger partial charge is 0.269 e. The molecule has 0 aliphatic rings. The number of amides is 2. The lowest BCUT2D eigenvalue weighted by Crippen LogP contribution is -2.20. The first-order chi connectivity index (χ1) is 9.88. The quantitative estimate of drug-likeness (QED) is 0.828. The lowest BCUT2D eigenvalue weighted by Gasteiger charge is -2.05. The van der Waals surface area contributed by atoms with E-state index in [2.05, 4.69) is 31.4 Å². The van der Waals surface area contributed by atoms with Crippen LogP contribution in [-0.2, 0) is 18.4 Å². The van der Waals surface area contributed by atoms with Crippen molar-refractivity contribution in [3.05, 3.63) is 28.3 Å². The Balaban J connectivity index is 1.97. The maximum Gasteiger partial charge on any atom is 0.269 e. The van der Waals surface area contributed by atoms with Crippen LogP contribution in [0.4, 0.5) is 5.69 Å². The van der Waals surface area contributed by atoms with Gasteiger partial charge in [-0.15, -0.1) is 0 Å². The lowest BCUT2D eigenvalue weighted by molar-refractivity contribution is -0.116. The Morgan fingerprint density at radius 3 is 2.76 bits per heavy atom. The predicted octanol–water partition coefficient (Wildman–Crippen LogP) is 0.815. The Labute approximate surface area is 129 Å². The average Bonchev–Trinajstić information content (AvgIpc) is 2.91. The Hall–Kier alpha value is -2.16. The van der Waals surface area contributed by atoms with Crippen molar-refractivity contribution in [1.82, 2.24) is 19.6 Å². The molecule has 2 aromatic heterocycles. The molecule has 2 heterocycles. The Kier molecular flexibility index (Phi) is 4.41. The van der Waals surface area contributed by atoms with E-state index in [1.165, 1.54) is 10.9 Å². The standard InChI is InChI=1S/C12H15BrN6O2/c1-7-8(13)6-19(17-7)4-3-10(20)16-9-5-15-18(2)11(9)12(14)21/h5-6H,3-4H2,1-2H3,(H2,14,21)(H,16,20). The van der Waals surface area contributed by atoms with Crippen LogP contribution in [0.3, 0.4) is 0 Å². The van der Waals surface area contributed by atoms with Gasteiger partial charge < -0.3 is 11.1 Å². The molecule has 2 rings (SSSR count). The van der Waals surface area contributed by atoms with E-state index in [0.29, 0.717) is 12.2 Å². The van der Waals surface area contributed by atoms with Crippen LogP contribution in [-0.4, -0.2) is 31.4 Å². The summed E-state index contributed by atoms with van der Waals surface area (Å²) in [7, 11) is 1.58. The first-order valence-electron chi connectivity index (χ1n) is 6.19. The van der Waals surface area contributed by atoms with Crippen LogP contribution in [0.25, 0.3) is 0 Å². The number of carbonyl (C=O) groups excluding carboxylic acids is 2. The summed E-state index contributed by atoms with van der Waals surface area (Å²) in [6.45, 7) is 2.31. The number of hydrogen-bond donors (Lipinski definition) is 2. The molecule has 0 saturated heterocycles. The molecule has 0 saturated carbocycles. The monoisotopic (exact) mass is 354 g/mol. The van der Waals surface area contributed by atoms with Gasteiger partial charge in [0.15, 0.2) is 0 Å². The van der Waals surface area contributed by atoms with Gasteiger partial charge in [0.2, 0.25) is 5.91 Å². The van der Waals surface area contributed by atoms with Gasteiger partial charge in [-0.3, -0.25) is 19.0 Å². The maximum atomic E-state index is 11.9. The predicted molar refractivity (Wildman–Crippen MR) is 79.6 cm³/mol. The molecule has 112 valence electrons. The first kappa shape index (κ1) is 15.2. The average molecular weight is 355 g/mol. The minimum absolute atomic E-state index is 0.168. The zero-order valence-corrected chi connectivity index (χ0v) is 13.2. The molecular formula is C12H15BrN6O2. The third-order valence-electron chi connectivity index (χ3n) is 2.90. The fourth-order valence-corrected chi connectivity index (χ4v) is 2.17. The molecule has 0 aliphatic carbocycles. The summed E-state index contributed by atoms with van der Waals surface area (Å²) < 4.78 is 3.90. The molecule has 2 amide bonds. The van der Waals surface area contributed by atoms with Crippen molar-refractivity contribution < 1.29 is 9.59 Å². The molecule has 0 unspecified atom stereocenters. The number of carbonyl (C=O) groups is 2. The number of primary amides is 1. The second-order valence-corrected chi connectivity index (χ2v) is 5.37. The van der Waals surface area contributed by atoms with E-state index in [-0.39, 0.29) is 18.0 Å². The Bertz CT molecular complexity index is 670. The van der Waals surface area contributed by atoms with Crippen molar-refractivity contribution in [1.29, 1.82) is 0 Å². The van der Waals surface area contributed by atoms with Crippen molar-refractivity contribution in [2.75, 3.05) is 5.32 Å². The molecule has 0 bridgehead atoms. The second-order valence-electron chi connectivity index (χ2n) is 4.52. The third kappa shape index (κ3) is 3.48. The molecule has 21 heavy (non-hydrogen) atoms. The van der Waals surface area contributed by atoms with Crippen molar-refractivity contribution >= 4 is 33.4 Å². The highest BCUT2D eigenvalue weighted by Crippen LogP contribution is 2.15. The topological polar surface area (TPSA) is 108 Å². The van der Waals surface area contributed by atoms with Gasteiger partial charge in [0.25, 0.3) is 5.91 Å². The summed E-state index contributed by atoms with van der Waals surface area (Å²) in [5.74, 6) is -0.883. The number of rotatable bonds is 5. The molecule has 9 heteroatoms. The second kappa shape index (κ2) is 6.08.